The third kappa shape index (κ3) is 9.15. The van der Waals surface area contributed by atoms with Crippen LogP contribution < -0.4 is 0 Å². The Morgan fingerprint density at radius 2 is 1.38 bits per heavy atom. The molecule has 18 nitrogen and oxygen atoms in total. The zero-order chi connectivity index (χ0) is 52.7. The van der Waals surface area contributed by atoms with E-state index < -0.39 is 144 Å². The summed E-state index contributed by atoms with van der Waals surface area (Å²) in [5.41, 5.74) is -2.15. The van der Waals surface area contributed by atoms with Crippen LogP contribution in [0.3, 0.4) is 0 Å². The van der Waals surface area contributed by atoms with Crippen LogP contribution in [0.1, 0.15) is 128 Å². The second-order valence-electron chi connectivity index (χ2n) is 24.0. The molecule has 71 heavy (non-hydrogen) atoms. The summed E-state index contributed by atoms with van der Waals surface area (Å²) < 4.78 is 42.6. The molecule has 2 heterocycles. The average Bonchev–Trinajstić information content (AvgIpc) is 3.29. The van der Waals surface area contributed by atoms with Gasteiger partial charge >= 0.3 is 23.9 Å². The average molecular weight is 1010 g/mol. The van der Waals surface area contributed by atoms with Crippen LogP contribution in [0, 0.1) is 50.2 Å². The van der Waals surface area contributed by atoms with Gasteiger partial charge in [-0.1, -0.05) is 72.3 Å². The van der Waals surface area contributed by atoms with Gasteiger partial charge in [0.15, 0.2) is 24.8 Å². The third-order valence-electron chi connectivity index (χ3n) is 19.0. The molecule has 0 amide bonds. The highest BCUT2D eigenvalue weighted by Crippen LogP contribution is 2.77. The number of esters is 3. The van der Waals surface area contributed by atoms with Gasteiger partial charge in [0, 0.05) is 23.5 Å². The van der Waals surface area contributed by atoms with Crippen molar-refractivity contribution in [2.24, 2.45) is 50.2 Å². The van der Waals surface area contributed by atoms with Crippen molar-refractivity contribution in [1.29, 1.82) is 0 Å². The number of carboxylic acid groups (broad SMARTS) is 1. The second-order valence-corrected chi connectivity index (χ2v) is 24.0. The van der Waals surface area contributed by atoms with E-state index in [4.69, 9.17) is 33.2 Å². The van der Waals surface area contributed by atoms with E-state index in [0.29, 0.717) is 43.3 Å². The summed E-state index contributed by atoms with van der Waals surface area (Å²) in [6.45, 7) is 22.5. The molecule has 5 aliphatic carbocycles. The third-order valence-corrected chi connectivity index (χ3v) is 19.0. The van der Waals surface area contributed by atoms with Crippen molar-refractivity contribution in [3.63, 3.8) is 0 Å². The number of allylic oxidation sites excluding steroid dienone is 4. The maximum Gasteiger partial charge on any atom is 0.335 e. The molecule has 7 rings (SSSR count). The molecule has 2 aliphatic heterocycles. The number of hydrogen-bond donors (Lipinski definition) is 7. The van der Waals surface area contributed by atoms with E-state index in [1.54, 1.807) is 39.8 Å². The van der Waals surface area contributed by atoms with Gasteiger partial charge in [0.25, 0.3) is 0 Å². The zero-order valence-electron chi connectivity index (χ0n) is 43.5. The Kier molecular flexibility index (Phi) is 15.4. The maximum absolute atomic E-state index is 13.9. The van der Waals surface area contributed by atoms with Crippen molar-refractivity contribution in [1.82, 2.24) is 0 Å². The lowest BCUT2D eigenvalue weighted by Gasteiger charge is -2.73. The van der Waals surface area contributed by atoms with E-state index in [1.165, 1.54) is 6.92 Å². The van der Waals surface area contributed by atoms with Crippen LogP contribution in [0.15, 0.2) is 34.9 Å². The lowest BCUT2D eigenvalue weighted by molar-refractivity contribution is -0.352. The van der Waals surface area contributed by atoms with Crippen molar-refractivity contribution in [2.45, 2.75) is 208 Å². The minimum atomic E-state index is -1.92. The van der Waals surface area contributed by atoms with E-state index in [1.807, 2.05) is 13.8 Å². The van der Waals surface area contributed by atoms with E-state index in [2.05, 4.69) is 40.7 Å². The Labute approximate surface area is 417 Å². The molecular formula is C53H80O18. The molecule has 400 valence electrons. The first-order valence-electron chi connectivity index (χ1n) is 25.4. The van der Waals surface area contributed by atoms with Gasteiger partial charge in [0.05, 0.1) is 24.7 Å². The predicted molar refractivity (Wildman–Crippen MR) is 252 cm³/mol. The number of carbonyl (C=O) groups excluding carboxylic acids is 3. The maximum atomic E-state index is 13.9. The SMILES string of the molecule is C/C=C(/C)C(=O)O[C@H]1[C@H](OC(=O)/C(C)=C\C)[C@]2(CO)[C@H](OC(C)=O)C[C@]3(C)C(=CC[C@@H]4[C@@]5(C)CC[C@H](O[C@@H]6O[C@H](C(=O)O)[C@@H](O)[C@H](O[C@@H]7OC[C@H](O)[C@H](O)[C@H]7O)[C@H]6O)C[C@@H]5C(C)(C)C[C@]43C)[C@@H]2CC1(C)C. The molecule has 0 aromatic rings. The highest BCUT2D eigenvalue weighted by molar-refractivity contribution is 5.89. The molecule has 0 unspecified atom stereocenters. The van der Waals surface area contributed by atoms with E-state index in [0.717, 1.165) is 12.0 Å². The van der Waals surface area contributed by atoms with Crippen molar-refractivity contribution >= 4 is 23.9 Å². The first-order valence-corrected chi connectivity index (χ1v) is 25.4. The number of hydrogen-bond acceptors (Lipinski definition) is 17. The van der Waals surface area contributed by atoms with Crippen LogP contribution >= 0.6 is 0 Å². The smallest absolute Gasteiger partial charge is 0.335 e. The number of rotatable bonds is 11. The Hall–Kier alpha value is -3.30. The highest BCUT2D eigenvalue weighted by atomic mass is 16.7. The topological polar surface area (TPSA) is 274 Å². The predicted octanol–water partition coefficient (Wildman–Crippen LogP) is 4.04. The molecule has 7 N–H and O–H groups in total. The van der Waals surface area contributed by atoms with Crippen LogP contribution in [0.25, 0.3) is 0 Å². The molecule has 2 saturated heterocycles. The Morgan fingerprint density at radius 1 is 0.761 bits per heavy atom. The van der Waals surface area contributed by atoms with E-state index >= 15 is 0 Å². The summed E-state index contributed by atoms with van der Waals surface area (Å²) in [5, 5.41) is 75.5. The van der Waals surface area contributed by atoms with Crippen LogP contribution in [-0.4, -0.2) is 153 Å². The highest BCUT2D eigenvalue weighted by Gasteiger charge is 2.75. The Balaban J connectivity index is 1.23. The first kappa shape index (κ1) is 55.5. The van der Waals surface area contributed by atoms with E-state index in [-0.39, 0.29) is 29.1 Å². The molecule has 0 aromatic carbocycles. The number of aliphatic hydroxyl groups is 6. The molecule has 7 aliphatic rings. The monoisotopic (exact) mass is 1000 g/mol. The fourth-order valence-electron chi connectivity index (χ4n) is 15.1. The summed E-state index contributed by atoms with van der Waals surface area (Å²) in [4.78, 5) is 53.4. The van der Waals surface area contributed by atoms with Gasteiger partial charge in [-0.3, -0.25) is 4.79 Å². The Bertz CT molecular complexity index is 2150. The van der Waals surface area contributed by atoms with E-state index in [9.17, 15) is 54.9 Å². The summed E-state index contributed by atoms with van der Waals surface area (Å²) in [6.07, 6.45) is -9.63. The van der Waals surface area contributed by atoms with Crippen molar-refractivity contribution in [3.05, 3.63) is 34.9 Å². The van der Waals surface area contributed by atoms with Crippen LogP contribution in [0.4, 0.5) is 0 Å². The largest absolute Gasteiger partial charge is 0.479 e. The number of carboxylic acids is 1. The zero-order valence-corrected chi connectivity index (χ0v) is 43.5. The lowest BCUT2D eigenvalue weighted by Crippen LogP contribution is -2.73. The van der Waals surface area contributed by atoms with Crippen LogP contribution in [0.2, 0.25) is 0 Å². The van der Waals surface area contributed by atoms with Gasteiger partial charge in [0.1, 0.15) is 48.8 Å². The molecule has 6 fully saturated rings. The van der Waals surface area contributed by atoms with Crippen LogP contribution in [-0.2, 0) is 52.3 Å². The second kappa shape index (κ2) is 19.8. The molecule has 0 aromatic heterocycles. The fraction of sp³-hybridized carbons (Fsp3) is 0.811. The van der Waals surface area contributed by atoms with Gasteiger partial charge in [-0.05, 0) is 112 Å². The molecule has 0 spiro atoms. The van der Waals surface area contributed by atoms with Gasteiger partial charge in [-0.15, -0.1) is 0 Å². The fourth-order valence-corrected chi connectivity index (χ4v) is 15.1. The number of aliphatic hydroxyl groups excluding tert-OH is 6. The summed E-state index contributed by atoms with van der Waals surface area (Å²) in [5.74, 6) is -3.67. The minimum absolute atomic E-state index is 0.0328. The standard InChI is InChI=1S/C53H80O18/c1-13-25(3)44(63)70-41-42(71-45(64)26(4)14-2)53(24-54)30(20-48(41,6)7)29-15-16-32-50(10)18-17-28(19-33(50)49(8,9)23-52(32,12)51(29,11)21-34(53)66-27(5)55)67-47-38(60)39(37(59)40(69-47)43(61)62)68-46-36(58)35(57)31(56)22-65-46/h13-15,28,30-42,46-47,54,56-60H,16-24H2,1-12H3,(H,61,62)/b25-13-,26-14-/t28-,30-,31-,32+,33+,34+,35-,36+,37-,38+,39-,40-,41-,42-,46-,47+,50+,51+,52+,53-/m0/s1. The molecule has 4 saturated carbocycles. The minimum Gasteiger partial charge on any atom is -0.479 e. The van der Waals surface area contributed by atoms with Crippen molar-refractivity contribution < 1.29 is 88.1 Å². The van der Waals surface area contributed by atoms with Crippen molar-refractivity contribution in [2.75, 3.05) is 13.2 Å². The van der Waals surface area contributed by atoms with Gasteiger partial charge in [-0.2, -0.15) is 0 Å². The molecular weight excluding hydrogens is 925 g/mol. The van der Waals surface area contributed by atoms with Gasteiger partial charge < -0.3 is 68.9 Å². The van der Waals surface area contributed by atoms with Gasteiger partial charge in [-0.25, -0.2) is 14.4 Å². The van der Waals surface area contributed by atoms with Gasteiger partial charge in [0.2, 0.25) is 0 Å². The summed E-state index contributed by atoms with van der Waals surface area (Å²) >= 11 is 0. The number of aliphatic carboxylic acids is 1. The van der Waals surface area contributed by atoms with Crippen molar-refractivity contribution in [3.8, 4) is 0 Å². The quantitative estimate of drug-likeness (QED) is 0.0506. The normalized spacial score (nSPS) is 46.2. The number of fused-ring (bicyclic) bond motifs is 7. The Morgan fingerprint density at radius 3 is 1.96 bits per heavy atom. The molecule has 0 radical (unpaired) electrons. The summed E-state index contributed by atoms with van der Waals surface area (Å²) in [6, 6.07) is 0. The molecule has 20 atom stereocenters. The first-order chi connectivity index (χ1) is 33.0. The summed E-state index contributed by atoms with van der Waals surface area (Å²) in [7, 11) is 0. The molecule has 0 bridgehead atoms. The number of carbonyl (C=O) groups is 4. The van der Waals surface area contributed by atoms with Crippen LogP contribution in [0.5, 0.6) is 0 Å². The lowest BCUT2D eigenvalue weighted by atomic mass is 9.31. The number of ether oxygens (including phenoxy) is 7. The molecule has 18 heteroatoms.